The van der Waals surface area contributed by atoms with Crippen molar-refractivity contribution in [3.8, 4) is 5.75 Å². The molecule has 4 rings (SSSR count). The normalized spacial score (nSPS) is 19.8. The molecular weight excluding hydrogens is 397 g/mol. The lowest BCUT2D eigenvalue weighted by Gasteiger charge is -2.29. The van der Waals surface area contributed by atoms with E-state index in [1.54, 1.807) is 0 Å². The summed E-state index contributed by atoms with van der Waals surface area (Å²) in [5.74, 6) is -0.00668. The maximum atomic E-state index is 13.0. The molecule has 2 saturated carbocycles. The number of nitrogens with zero attached hydrogens (tertiary/aromatic N) is 2. The topological polar surface area (TPSA) is 79.9 Å². The van der Waals surface area contributed by atoms with E-state index in [0.717, 1.165) is 44.0 Å². The average molecular weight is 422 g/mol. The Morgan fingerprint density at radius 2 is 1.97 bits per heavy atom. The fraction of sp³-hybridized carbons (Fsp3) is 0.571. The van der Waals surface area contributed by atoms with Gasteiger partial charge in [-0.1, -0.05) is 0 Å². The molecule has 0 aromatic carbocycles. The fourth-order valence-corrected chi connectivity index (χ4v) is 3.65. The molecule has 0 radical (unpaired) electrons. The van der Waals surface area contributed by atoms with Gasteiger partial charge in [-0.3, -0.25) is 14.9 Å². The summed E-state index contributed by atoms with van der Waals surface area (Å²) in [6.07, 6.45) is -1.31. The van der Waals surface area contributed by atoms with E-state index in [-0.39, 0.29) is 23.3 Å². The van der Waals surface area contributed by atoms with Crippen molar-refractivity contribution in [3.05, 3.63) is 41.0 Å². The summed E-state index contributed by atoms with van der Waals surface area (Å²) in [7, 11) is 0. The van der Waals surface area contributed by atoms with E-state index < -0.39 is 23.7 Å². The zero-order valence-corrected chi connectivity index (χ0v) is 17.1. The van der Waals surface area contributed by atoms with Crippen molar-refractivity contribution in [1.29, 1.82) is 0 Å². The van der Waals surface area contributed by atoms with Gasteiger partial charge in [-0.05, 0) is 64.4 Å². The van der Waals surface area contributed by atoms with E-state index in [0.29, 0.717) is 5.56 Å². The Balaban J connectivity index is 1.60. The molecule has 30 heavy (non-hydrogen) atoms. The molecule has 0 aliphatic heterocycles. The summed E-state index contributed by atoms with van der Waals surface area (Å²) in [5.41, 5.74) is 1.58. The third kappa shape index (κ3) is 4.15. The van der Waals surface area contributed by atoms with Crippen molar-refractivity contribution in [2.45, 2.75) is 70.2 Å². The summed E-state index contributed by atoms with van der Waals surface area (Å²) < 4.78 is 44.3. The van der Waals surface area contributed by atoms with Gasteiger partial charge in [-0.25, -0.2) is 0 Å². The van der Waals surface area contributed by atoms with Crippen LogP contribution < -0.4 is 10.1 Å². The Kier molecular flexibility index (Phi) is 5.02. The Bertz CT molecular complexity index is 950. The van der Waals surface area contributed by atoms with E-state index in [9.17, 15) is 18.0 Å². The predicted octanol–water partition coefficient (Wildman–Crippen LogP) is 4.38. The second-order valence-corrected chi connectivity index (χ2v) is 8.55. The minimum atomic E-state index is -4.49. The first-order valence-electron chi connectivity index (χ1n) is 10.2. The zero-order chi connectivity index (χ0) is 21.7. The lowest BCUT2D eigenvalue weighted by Crippen LogP contribution is -2.46. The van der Waals surface area contributed by atoms with Gasteiger partial charge in [0.1, 0.15) is 11.4 Å². The van der Waals surface area contributed by atoms with Gasteiger partial charge in [0.25, 0.3) is 5.91 Å². The van der Waals surface area contributed by atoms with E-state index in [2.05, 4.69) is 20.5 Å². The van der Waals surface area contributed by atoms with Crippen LogP contribution in [0.5, 0.6) is 5.75 Å². The number of H-pyrrole nitrogens is 1. The minimum Gasteiger partial charge on any atom is -0.481 e. The highest BCUT2D eigenvalue weighted by Gasteiger charge is 2.46. The Morgan fingerprint density at radius 3 is 2.50 bits per heavy atom. The third-order valence-corrected chi connectivity index (χ3v) is 5.91. The number of aryl methyl sites for hydroxylation is 1. The molecule has 0 spiro atoms. The fourth-order valence-electron chi connectivity index (χ4n) is 3.65. The van der Waals surface area contributed by atoms with Gasteiger partial charge in [0.15, 0.2) is 6.10 Å². The largest absolute Gasteiger partial charge is 0.481 e. The molecule has 2 heterocycles. The molecule has 2 aromatic heterocycles. The van der Waals surface area contributed by atoms with Gasteiger partial charge in [0, 0.05) is 23.5 Å². The van der Waals surface area contributed by atoms with Gasteiger partial charge in [-0.2, -0.15) is 18.3 Å². The van der Waals surface area contributed by atoms with Crippen molar-refractivity contribution in [2.75, 3.05) is 0 Å². The summed E-state index contributed by atoms with van der Waals surface area (Å²) in [6.45, 7) is 4.76. The molecule has 6 nitrogen and oxygen atoms in total. The third-order valence-electron chi connectivity index (χ3n) is 5.91. The standard InChI is InChI=1S/C21H25F3N4O2/c1-11-8-18(28-27-11)20(3,14-6-7-14)26-19(29)16-9-17(30-12(2)21(22,23)24)15(10-25-16)13-4-5-13/h8-10,12-14H,4-7H2,1-3H3,(H,26,29)(H,27,28)/t12-,20?/m0/s1. The molecule has 2 N–H and O–H groups in total. The Morgan fingerprint density at radius 1 is 1.27 bits per heavy atom. The van der Waals surface area contributed by atoms with Gasteiger partial charge < -0.3 is 10.1 Å². The van der Waals surface area contributed by atoms with E-state index in [4.69, 9.17) is 4.74 Å². The molecule has 9 heteroatoms. The van der Waals surface area contributed by atoms with Crippen LogP contribution in [0.3, 0.4) is 0 Å². The highest BCUT2D eigenvalue weighted by atomic mass is 19.4. The smallest absolute Gasteiger partial charge is 0.425 e. The van der Waals surface area contributed by atoms with Crippen LogP contribution in [0.25, 0.3) is 0 Å². The van der Waals surface area contributed by atoms with E-state index >= 15 is 0 Å². The molecular formula is C21H25F3N4O2. The van der Waals surface area contributed by atoms with Gasteiger partial charge in [0.2, 0.25) is 0 Å². The average Bonchev–Trinajstić information content (AvgIpc) is 3.58. The molecule has 2 fully saturated rings. The summed E-state index contributed by atoms with van der Waals surface area (Å²) in [4.78, 5) is 17.2. The number of carbonyl (C=O) groups excluding carboxylic acids is 1. The molecule has 2 aliphatic carbocycles. The zero-order valence-electron chi connectivity index (χ0n) is 17.1. The SMILES string of the molecule is Cc1cc(C(C)(NC(=O)c2cc(O[C@@H](C)C(F)(F)F)c(C3CC3)cn2)C2CC2)n[nH]1. The highest BCUT2D eigenvalue weighted by molar-refractivity contribution is 5.93. The Labute approximate surface area is 172 Å². The lowest BCUT2D eigenvalue weighted by atomic mass is 9.91. The number of nitrogens with one attached hydrogen (secondary N) is 2. The molecule has 1 unspecified atom stereocenters. The van der Waals surface area contributed by atoms with Crippen molar-refractivity contribution >= 4 is 5.91 Å². The number of ether oxygens (including phenoxy) is 1. The molecule has 2 aromatic rings. The first-order valence-corrected chi connectivity index (χ1v) is 10.2. The van der Waals surface area contributed by atoms with Gasteiger partial charge >= 0.3 is 6.18 Å². The van der Waals surface area contributed by atoms with Crippen LogP contribution in [-0.4, -0.2) is 33.4 Å². The molecule has 1 amide bonds. The number of rotatable bonds is 7. The van der Waals surface area contributed by atoms with Gasteiger partial charge in [-0.15, -0.1) is 0 Å². The summed E-state index contributed by atoms with van der Waals surface area (Å²) in [5, 5.41) is 10.2. The summed E-state index contributed by atoms with van der Waals surface area (Å²) in [6, 6.07) is 3.22. The Hall–Kier alpha value is -2.58. The second-order valence-electron chi connectivity index (χ2n) is 8.55. The number of hydrogen-bond donors (Lipinski definition) is 2. The predicted molar refractivity (Wildman–Crippen MR) is 103 cm³/mol. The van der Waals surface area contributed by atoms with Crippen molar-refractivity contribution in [1.82, 2.24) is 20.5 Å². The summed E-state index contributed by atoms with van der Waals surface area (Å²) >= 11 is 0. The first-order chi connectivity index (χ1) is 14.1. The number of amides is 1. The van der Waals surface area contributed by atoms with E-state index in [1.807, 2.05) is 19.9 Å². The van der Waals surface area contributed by atoms with Gasteiger partial charge in [0.05, 0.1) is 11.2 Å². The molecule has 2 atom stereocenters. The van der Waals surface area contributed by atoms with Crippen molar-refractivity contribution < 1.29 is 22.7 Å². The van der Waals surface area contributed by atoms with Crippen LogP contribution in [0.4, 0.5) is 13.2 Å². The first kappa shape index (κ1) is 20.7. The minimum absolute atomic E-state index is 0.0305. The number of aromatic nitrogens is 3. The quantitative estimate of drug-likeness (QED) is 0.694. The van der Waals surface area contributed by atoms with Crippen LogP contribution in [0.2, 0.25) is 0 Å². The molecule has 162 valence electrons. The maximum absolute atomic E-state index is 13.0. The maximum Gasteiger partial charge on any atom is 0.425 e. The second kappa shape index (κ2) is 7.28. The van der Waals surface area contributed by atoms with Crippen LogP contribution in [0.1, 0.15) is 72.9 Å². The number of hydrogen-bond acceptors (Lipinski definition) is 4. The molecule has 0 bridgehead atoms. The van der Waals surface area contributed by atoms with Crippen LogP contribution in [0, 0.1) is 12.8 Å². The molecule has 2 aliphatic rings. The number of alkyl halides is 3. The highest BCUT2D eigenvalue weighted by Crippen LogP contribution is 2.46. The van der Waals surface area contributed by atoms with Crippen molar-refractivity contribution in [3.63, 3.8) is 0 Å². The number of pyridine rings is 1. The molecule has 0 saturated heterocycles. The van der Waals surface area contributed by atoms with E-state index in [1.165, 1.54) is 12.3 Å². The number of carbonyl (C=O) groups is 1. The van der Waals surface area contributed by atoms with Crippen molar-refractivity contribution in [2.24, 2.45) is 5.92 Å². The lowest BCUT2D eigenvalue weighted by molar-refractivity contribution is -0.189. The van der Waals surface area contributed by atoms with Crippen LogP contribution in [-0.2, 0) is 5.54 Å². The number of halogens is 3. The number of aromatic amines is 1. The van der Waals surface area contributed by atoms with Crippen LogP contribution >= 0.6 is 0 Å². The van der Waals surface area contributed by atoms with Crippen LogP contribution in [0.15, 0.2) is 18.3 Å². The monoisotopic (exact) mass is 422 g/mol.